The number of aryl methyl sites for hydroxylation is 1. The molecule has 0 radical (unpaired) electrons. The Balaban J connectivity index is 1.74. The third kappa shape index (κ3) is 4.07. The molecule has 0 N–H and O–H groups in total. The number of rotatable bonds is 8. The molecule has 0 aliphatic carbocycles. The van der Waals surface area contributed by atoms with Crippen LogP contribution < -0.4 is 4.90 Å². The van der Waals surface area contributed by atoms with Crippen LogP contribution in [0.5, 0.6) is 0 Å². The van der Waals surface area contributed by atoms with E-state index in [-0.39, 0.29) is 6.61 Å². The summed E-state index contributed by atoms with van der Waals surface area (Å²) in [7, 11) is 0. The number of ether oxygens (including phenoxy) is 1. The maximum atomic E-state index is 10.7. The molecule has 3 aromatic rings. The van der Waals surface area contributed by atoms with E-state index >= 15 is 0 Å². The number of carbonyl (C=O) groups excluding carboxylic acids is 1. The van der Waals surface area contributed by atoms with Crippen molar-refractivity contribution >= 4 is 29.3 Å². The van der Waals surface area contributed by atoms with Crippen molar-refractivity contribution in [3.05, 3.63) is 54.0 Å². The standard InChI is InChI=1S/C22H23N7O2/c1-4-28(5-2)16-9-10-17(15(3)12-16)24-20-19(13-31-14-30)26-29-22(20)25-21(27-29)18-8-6-7-11-23-18/h6-12,14H,4-5,13H2,1-3H3/b24-20-. The van der Waals surface area contributed by atoms with E-state index in [2.05, 4.69) is 51.0 Å². The lowest BCUT2D eigenvalue weighted by Crippen LogP contribution is -2.21. The first kappa shape index (κ1) is 20.4. The molecule has 9 heteroatoms. The number of carbonyl (C=O) groups is 1. The highest BCUT2D eigenvalue weighted by Gasteiger charge is 2.28. The monoisotopic (exact) mass is 417 g/mol. The quantitative estimate of drug-likeness (QED) is 0.523. The van der Waals surface area contributed by atoms with Gasteiger partial charge >= 0.3 is 0 Å². The Hall–Kier alpha value is -3.88. The lowest BCUT2D eigenvalue weighted by Gasteiger charge is -2.21. The Bertz CT molecular complexity index is 1150. The summed E-state index contributed by atoms with van der Waals surface area (Å²) >= 11 is 0. The van der Waals surface area contributed by atoms with Gasteiger partial charge in [0.25, 0.3) is 6.47 Å². The van der Waals surface area contributed by atoms with Crippen molar-refractivity contribution in [3.8, 4) is 11.5 Å². The van der Waals surface area contributed by atoms with E-state index in [0.717, 1.165) is 30.0 Å². The maximum Gasteiger partial charge on any atom is 0.293 e. The third-order valence-corrected chi connectivity index (χ3v) is 5.01. The van der Waals surface area contributed by atoms with E-state index in [4.69, 9.17) is 9.73 Å². The second-order valence-corrected chi connectivity index (χ2v) is 6.92. The molecular weight excluding hydrogens is 394 g/mol. The minimum absolute atomic E-state index is 0.0110. The summed E-state index contributed by atoms with van der Waals surface area (Å²) in [6.07, 6.45) is 1.68. The van der Waals surface area contributed by atoms with Gasteiger partial charge in [-0.25, -0.2) is 9.98 Å². The molecule has 0 amide bonds. The molecule has 0 saturated heterocycles. The van der Waals surface area contributed by atoms with E-state index in [0.29, 0.717) is 35.2 Å². The van der Waals surface area contributed by atoms with Crippen LogP contribution in [0.15, 0.2) is 52.7 Å². The topological polar surface area (TPSA) is 97.9 Å². The fraction of sp³-hybridized carbons (Fsp3) is 0.273. The first-order valence-corrected chi connectivity index (χ1v) is 10.1. The summed E-state index contributed by atoms with van der Waals surface area (Å²) in [5.41, 5.74) is 4.62. The average molecular weight is 417 g/mol. The van der Waals surface area contributed by atoms with Crippen molar-refractivity contribution in [1.29, 1.82) is 0 Å². The maximum absolute atomic E-state index is 10.7. The molecule has 2 aromatic heterocycles. The van der Waals surface area contributed by atoms with Crippen LogP contribution in [0.4, 0.5) is 11.4 Å². The van der Waals surface area contributed by atoms with Crippen molar-refractivity contribution in [1.82, 2.24) is 19.9 Å². The first-order valence-electron chi connectivity index (χ1n) is 10.1. The van der Waals surface area contributed by atoms with Crippen LogP contribution in [0.3, 0.4) is 0 Å². The summed E-state index contributed by atoms with van der Waals surface area (Å²) in [6, 6.07) is 11.7. The van der Waals surface area contributed by atoms with E-state index in [1.54, 1.807) is 6.20 Å². The number of aromatic nitrogens is 4. The lowest BCUT2D eigenvalue weighted by molar-refractivity contribution is -0.127. The van der Waals surface area contributed by atoms with Gasteiger partial charge in [0, 0.05) is 25.0 Å². The van der Waals surface area contributed by atoms with E-state index in [1.165, 1.54) is 4.79 Å². The molecule has 1 aliphatic rings. The SMILES string of the molecule is CCN(CC)c1ccc(/N=C2/C(COC=O)=Nn3nc(-c4ccccn4)nc32)c(C)c1. The van der Waals surface area contributed by atoms with Gasteiger partial charge in [-0.05, 0) is 56.7 Å². The molecule has 1 aliphatic heterocycles. The van der Waals surface area contributed by atoms with Crippen molar-refractivity contribution in [2.75, 3.05) is 24.6 Å². The van der Waals surface area contributed by atoms with Crippen LogP contribution in [0.1, 0.15) is 25.2 Å². The van der Waals surface area contributed by atoms with Crippen molar-refractivity contribution in [3.63, 3.8) is 0 Å². The Morgan fingerprint density at radius 2 is 2.03 bits per heavy atom. The number of pyridine rings is 1. The predicted octanol–water partition coefficient (Wildman–Crippen LogP) is 3.01. The van der Waals surface area contributed by atoms with Gasteiger partial charge < -0.3 is 9.64 Å². The molecule has 0 saturated carbocycles. The Kier molecular flexibility index (Phi) is 5.83. The third-order valence-electron chi connectivity index (χ3n) is 5.01. The van der Waals surface area contributed by atoms with Crippen LogP contribution in [-0.4, -0.2) is 57.4 Å². The number of aliphatic imine (C=N–C) groups is 1. The minimum Gasteiger partial charge on any atom is -0.461 e. The molecule has 0 spiro atoms. The Labute approximate surface area is 180 Å². The molecule has 3 heterocycles. The molecule has 0 unspecified atom stereocenters. The first-order chi connectivity index (χ1) is 15.1. The van der Waals surface area contributed by atoms with Crippen LogP contribution in [0, 0.1) is 6.92 Å². The van der Waals surface area contributed by atoms with Crippen LogP contribution >= 0.6 is 0 Å². The molecule has 1 aromatic carbocycles. The molecule has 4 rings (SSSR count). The van der Waals surface area contributed by atoms with Gasteiger partial charge in [0.15, 0.2) is 0 Å². The number of nitrogens with zero attached hydrogens (tertiary/aromatic N) is 7. The van der Waals surface area contributed by atoms with E-state index in [1.807, 2.05) is 31.2 Å². The lowest BCUT2D eigenvalue weighted by atomic mass is 10.1. The van der Waals surface area contributed by atoms with Gasteiger partial charge in [-0.3, -0.25) is 9.78 Å². The minimum atomic E-state index is -0.0110. The zero-order valence-corrected chi connectivity index (χ0v) is 17.7. The molecule has 9 nitrogen and oxygen atoms in total. The Morgan fingerprint density at radius 3 is 2.71 bits per heavy atom. The number of anilines is 1. The van der Waals surface area contributed by atoms with Gasteiger partial charge in [-0.1, -0.05) is 6.07 Å². The fourth-order valence-electron chi connectivity index (χ4n) is 3.41. The number of hydrogen-bond donors (Lipinski definition) is 0. The summed E-state index contributed by atoms with van der Waals surface area (Å²) in [5.74, 6) is 0.938. The van der Waals surface area contributed by atoms with Crippen LogP contribution in [0.2, 0.25) is 0 Å². The van der Waals surface area contributed by atoms with Crippen molar-refractivity contribution in [2.24, 2.45) is 10.1 Å². The predicted molar refractivity (Wildman–Crippen MR) is 119 cm³/mol. The van der Waals surface area contributed by atoms with E-state index in [9.17, 15) is 4.79 Å². The van der Waals surface area contributed by atoms with Gasteiger partial charge in [-0.2, -0.15) is 0 Å². The summed E-state index contributed by atoms with van der Waals surface area (Å²) in [6.45, 7) is 8.53. The molecule has 0 atom stereocenters. The normalized spacial score (nSPS) is 13.8. The summed E-state index contributed by atoms with van der Waals surface area (Å²) in [5, 5.41) is 8.84. The van der Waals surface area contributed by atoms with Crippen molar-refractivity contribution < 1.29 is 9.53 Å². The largest absolute Gasteiger partial charge is 0.461 e. The highest BCUT2D eigenvalue weighted by molar-refractivity contribution is 6.49. The van der Waals surface area contributed by atoms with Gasteiger partial charge in [0.05, 0.1) is 5.69 Å². The second kappa shape index (κ2) is 8.86. The molecule has 31 heavy (non-hydrogen) atoms. The highest BCUT2D eigenvalue weighted by atomic mass is 16.5. The number of benzene rings is 1. The molecule has 158 valence electrons. The van der Waals surface area contributed by atoms with Crippen LogP contribution in [-0.2, 0) is 9.53 Å². The molecule has 0 bridgehead atoms. The fourth-order valence-corrected chi connectivity index (χ4v) is 3.41. The summed E-state index contributed by atoms with van der Waals surface area (Å²) in [4.78, 5) is 28.1. The molecular formula is C22H23N7O2. The van der Waals surface area contributed by atoms with Crippen molar-refractivity contribution in [2.45, 2.75) is 20.8 Å². The van der Waals surface area contributed by atoms with Gasteiger partial charge in [0.1, 0.15) is 23.7 Å². The van der Waals surface area contributed by atoms with Gasteiger partial charge in [-0.15, -0.1) is 15.0 Å². The zero-order valence-electron chi connectivity index (χ0n) is 17.7. The van der Waals surface area contributed by atoms with E-state index < -0.39 is 0 Å². The molecule has 0 fully saturated rings. The van der Waals surface area contributed by atoms with Crippen LogP contribution in [0.25, 0.3) is 11.5 Å². The Morgan fingerprint density at radius 1 is 1.19 bits per heavy atom. The smallest absolute Gasteiger partial charge is 0.293 e. The zero-order chi connectivity index (χ0) is 21.8. The second-order valence-electron chi connectivity index (χ2n) is 6.92. The van der Waals surface area contributed by atoms with Gasteiger partial charge in [0.2, 0.25) is 11.6 Å². The number of fused-ring (bicyclic) bond motifs is 1. The average Bonchev–Trinajstić information content (AvgIpc) is 3.34. The number of hydrogen-bond acceptors (Lipinski definition) is 8. The highest BCUT2D eigenvalue weighted by Crippen LogP contribution is 2.27. The summed E-state index contributed by atoms with van der Waals surface area (Å²) < 4.78 is 4.93.